The first-order valence-corrected chi connectivity index (χ1v) is 4.47. The van der Waals surface area contributed by atoms with Crippen molar-refractivity contribution in [3.05, 3.63) is 0 Å². The summed E-state index contributed by atoms with van der Waals surface area (Å²) in [6.45, 7) is 0.509. The standard InChI is InChI=1S/C9H15N3O/c10-6-2-1-4-9(11)5-3-7-12-8-13/h9H,1-5,7,11H2. The van der Waals surface area contributed by atoms with Gasteiger partial charge in [0.1, 0.15) is 0 Å². The van der Waals surface area contributed by atoms with Crippen LogP contribution in [0.5, 0.6) is 0 Å². The van der Waals surface area contributed by atoms with Crippen molar-refractivity contribution in [2.45, 2.75) is 38.1 Å². The lowest BCUT2D eigenvalue weighted by Crippen LogP contribution is -2.19. The summed E-state index contributed by atoms with van der Waals surface area (Å²) in [6.07, 6.45) is 5.46. The molecule has 2 N–H and O–H groups in total. The smallest absolute Gasteiger partial charge is 0.234 e. The molecule has 0 amide bonds. The van der Waals surface area contributed by atoms with E-state index in [2.05, 4.69) is 11.1 Å². The number of nitrogens with two attached hydrogens (primary N) is 1. The van der Waals surface area contributed by atoms with Gasteiger partial charge in [-0.15, -0.1) is 0 Å². The quantitative estimate of drug-likeness (QED) is 0.363. The third-order valence-corrected chi connectivity index (χ3v) is 1.77. The van der Waals surface area contributed by atoms with Crippen molar-refractivity contribution in [3.63, 3.8) is 0 Å². The molecular formula is C9H15N3O. The van der Waals surface area contributed by atoms with E-state index in [9.17, 15) is 4.79 Å². The summed E-state index contributed by atoms with van der Waals surface area (Å²) < 4.78 is 0. The zero-order valence-corrected chi connectivity index (χ0v) is 7.70. The average Bonchev–Trinajstić information content (AvgIpc) is 2.13. The average molecular weight is 181 g/mol. The number of aliphatic imine (C=N–C) groups is 1. The number of hydrogen-bond acceptors (Lipinski definition) is 4. The molecule has 0 rings (SSSR count). The molecule has 4 nitrogen and oxygen atoms in total. The van der Waals surface area contributed by atoms with Gasteiger partial charge in [-0.05, 0) is 25.7 Å². The minimum Gasteiger partial charge on any atom is -0.328 e. The van der Waals surface area contributed by atoms with E-state index in [-0.39, 0.29) is 6.04 Å². The van der Waals surface area contributed by atoms with E-state index in [0.29, 0.717) is 13.0 Å². The number of unbranched alkanes of at least 4 members (excludes halogenated alkanes) is 1. The Morgan fingerprint density at radius 3 is 2.69 bits per heavy atom. The Labute approximate surface area is 78.4 Å². The van der Waals surface area contributed by atoms with E-state index in [1.807, 2.05) is 0 Å². The molecule has 1 unspecified atom stereocenters. The van der Waals surface area contributed by atoms with Gasteiger partial charge in [0.25, 0.3) is 0 Å². The highest BCUT2D eigenvalue weighted by molar-refractivity contribution is 5.32. The Hall–Kier alpha value is -1.17. The van der Waals surface area contributed by atoms with E-state index in [4.69, 9.17) is 11.0 Å². The largest absolute Gasteiger partial charge is 0.328 e. The van der Waals surface area contributed by atoms with Crippen molar-refractivity contribution in [2.75, 3.05) is 6.54 Å². The first kappa shape index (κ1) is 11.8. The summed E-state index contributed by atoms with van der Waals surface area (Å²) >= 11 is 0. The number of hydrogen-bond donors (Lipinski definition) is 1. The van der Waals surface area contributed by atoms with Gasteiger partial charge in [-0.3, -0.25) is 0 Å². The molecule has 0 bridgehead atoms. The Balaban J connectivity index is 3.25. The van der Waals surface area contributed by atoms with Gasteiger partial charge < -0.3 is 5.73 Å². The van der Waals surface area contributed by atoms with Crippen LogP contribution < -0.4 is 5.73 Å². The Morgan fingerprint density at radius 2 is 2.08 bits per heavy atom. The van der Waals surface area contributed by atoms with Gasteiger partial charge in [-0.1, -0.05) is 0 Å². The first-order chi connectivity index (χ1) is 6.31. The summed E-state index contributed by atoms with van der Waals surface area (Å²) in [5.74, 6) is 0. The molecule has 0 aromatic carbocycles. The molecule has 0 aliphatic carbocycles. The third-order valence-electron chi connectivity index (χ3n) is 1.77. The molecule has 72 valence electrons. The minimum absolute atomic E-state index is 0.134. The van der Waals surface area contributed by atoms with Crippen molar-refractivity contribution >= 4 is 6.08 Å². The lowest BCUT2D eigenvalue weighted by molar-refractivity contribution is 0.531. The fraction of sp³-hybridized carbons (Fsp3) is 0.778. The van der Waals surface area contributed by atoms with E-state index >= 15 is 0 Å². The number of rotatable bonds is 7. The van der Waals surface area contributed by atoms with Crippen LogP contribution in [-0.4, -0.2) is 18.7 Å². The van der Waals surface area contributed by atoms with Gasteiger partial charge in [-0.2, -0.15) is 5.26 Å². The van der Waals surface area contributed by atoms with E-state index in [1.54, 1.807) is 0 Å². The van der Waals surface area contributed by atoms with Crippen molar-refractivity contribution in [1.29, 1.82) is 5.26 Å². The number of isocyanates is 1. The molecule has 4 heteroatoms. The molecule has 0 heterocycles. The van der Waals surface area contributed by atoms with Crippen LogP contribution in [-0.2, 0) is 4.79 Å². The SMILES string of the molecule is N#CCCCC(N)CCCN=C=O. The molecule has 0 saturated heterocycles. The van der Waals surface area contributed by atoms with Crippen LogP contribution in [0, 0.1) is 11.3 Å². The minimum atomic E-state index is 0.134. The van der Waals surface area contributed by atoms with Crippen LogP contribution in [0.3, 0.4) is 0 Å². The lowest BCUT2D eigenvalue weighted by Gasteiger charge is -2.08. The highest BCUT2D eigenvalue weighted by Crippen LogP contribution is 2.03. The monoisotopic (exact) mass is 181 g/mol. The van der Waals surface area contributed by atoms with Gasteiger partial charge in [0.05, 0.1) is 12.6 Å². The second-order valence-electron chi connectivity index (χ2n) is 2.93. The Bertz CT molecular complexity index is 203. The molecule has 0 aromatic heterocycles. The fourth-order valence-electron chi connectivity index (χ4n) is 1.07. The van der Waals surface area contributed by atoms with Gasteiger partial charge in [0.2, 0.25) is 6.08 Å². The van der Waals surface area contributed by atoms with Gasteiger partial charge in [0.15, 0.2) is 0 Å². The molecule has 0 aliphatic rings. The van der Waals surface area contributed by atoms with Crippen LogP contribution in [0.2, 0.25) is 0 Å². The topological polar surface area (TPSA) is 79.2 Å². The second-order valence-corrected chi connectivity index (χ2v) is 2.93. The van der Waals surface area contributed by atoms with Crippen molar-refractivity contribution in [3.8, 4) is 6.07 Å². The third kappa shape index (κ3) is 8.74. The van der Waals surface area contributed by atoms with E-state index < -0.39 is 0 Å². The highest BCUT2D eigenvalue weighted by Gasteiger charge is 2.00. The number of nitriles is 1. The summed E-state index contributed by atoms with van der Waals surface area (Å²) in [5.41, 5.74) is 5.75. The summed E-state index contributed by atoms with van der Waals surface area (Å²) in [4.78, 5) is 13.1. The molecule has 0 radical (unpaired) electrons. The number of nitrogens with zero attached hydrogens (tertiary/aromatic N) is 2. The van der Waals surface area contributed by atoms with Crippen molar-refractivity contribution in [2.24, 2.45) is 10.7 Å². The second kappa shape index (κ2) is 8.92. The summed E-state index contributed by atoms with van der Waals surface area (Å²) in [6, 6.07) is 2.21. The lowest BCUT2D eigenvalue weighted by atomic mass is 10.1. The van der Waals surface area contributed by atoms with Crippen LogP contribution in [0.1, 0.15) is 32.1 Å². The predicted octanol–water partition coefficient (Wildman–Crippen LogP) is 1.12. The normalized spacial score (nSPS) is 11.4. The molecule has 0 spiro atoms. The molecule has 0 aliphatic heterocycles. The van der Waals surface area contributed by atoms with Crippen LogP contribution in [0.4, 0.5) is 0 Å². The zero-order valence-electron chi connectivity index (χ0n) is 7.70. The zero-order chi connectivity index (χ0) is 9.94. The Morgan fingerprint density at radius 1 is 1.38 bits per heavy atom. The highest BCUT2D eigenvalue weighted by atomic mass is 16.1. The molecule has 0 saturated carbocycles. The van der Waals surface area contributed by atoms with E-state index in [0.717, 1.165) is 25.7 Å². The maximum Gasteiger partial charge on any atom is 0.234 e. The van der Waals surface area contributed by atoms with Crippen molar-refractivity contribution < 1.29 is 4.79 Å². The van der Waals surface area contributed by atoms with Crippen LogP contribution in [0.25, 0.3) is 0 Å². The molecular weight excluding hydrogens is 166 g/mol. The summed E-state index contributed by atoms with van der Waals surface area (Å²) in [7, 11) is 0. The van der Waals surface area contributed by atoms with E-state index in [1.165, 1.54) is 6.08 Å². The number of carbonyl (C=O) groups excluding carboxylic acids is 1. The molecule has 0 fully saturated rings. The molecule has 1 atom stereocenters. The predicted molar refractivity (Wildman–Crippen MR) is 49.7 cm³/mol. The van der Waals surface area contributed by atoms with Gasteiger partial charge in [0, 0.05) is 12.5 Å². The first-order valence-electron chi connectivity index (χ1n) is 4.47. The maximum absolute atomic E-state index is 9.70. The maximum atomic E-state index is 9.70. The van der Waals surface area contributed by atoms with Crippen molar-refractivity contribution in [1.82, 2.24) is 0 Å². The molecule has 0 aromatic rings. The van der Waals surface area contributed by atoms with Crippen LogP contribution >= 0.6 is 0 Å². The molecule has 13 heavy (non-hydrogen) atoms. The Kier molecular flexibility index (Phi) is 8.12. The van der Waals surface area contributed by atoms with Gasteiger partial charge >= 0.3 is 0 Å². The summed E-state index contributed by atoms with van der Waals surface area (Å²) in [5, 5.41) is 8.28. The van der Waals surface area contributed by atoms with Crippen LogP contribution in [0.15, 0.2) is 4.99 Å². The fourth-order valence-corrected chi connectivity index (χ4v) is 1.07. The van der Waals surface area contributed by atoms with Gasteiger partial charge in [-0.25, -0.2) is 9.79 Å².